The minimum Gasteiger partial charge on any atom is -0.618 e. The van der Waals surface area contributed by atoms with Crippen LogP contribution in [0.3, 0.4) is 0 Å². The zero-order valence-electron chi connectivity index (χ0n) is 11.5. The van der Waals surface area contributed by atoms with Crippen LogP contribution in [0, 0.1) is 5.21 Å². The van der Waals surface area contributed by atoms with E-state index in [1.54, 1.807) is 18.2 Å². The Balaban J connectivity index is 1.93. The summed E-state index contributed by atoms with van der Waals surface area (Å²) in [5.41, 5.74) is 0.338. The highest BCUT2D eigenvalue weighted by molar-refractivity contribution is 7.99. The molecule has 0 aliphatic heterocycles. The highest BCUT2D eigenvalue weighted by atomic mass is 35.5. The lowest BCUT2D eigenvalue weighted by Crippen LogP contribution is -2.28. The van der Waals surface area contributed by atoms with Gasteiger partial charge in [-0.05, 0) is 36.0 Å². The molecule has 23 heavy (non-hydrogen) atoms. The van der Waals surface area contributed by atoms with Gasteiger partial charge in [0, 0.05) is 17.8 Å². The molecule has 0 bridgehead atoms. The van der Waals surface area contributed by atoms with Crippen LogP contribution in [0.1, 0.15) is 0 Å². The van der Waals surface area contributed by atoms with Gasteiger partial charge in [0.2, 0.25) is 5.91 Å². The molecule has 122 valence electrons. The molecule has 0 saturated carbocycles. The molecule has 0 aliphatic carbocycles. The second-order valence-electron chi connectivity index (χ2n) is 4.23. The summed E-state index contributed by atoms with van der Waals surface area (Å²) in [6.45, 7) is -2.98. The number of hydrogen-bond donors (Lipinski definition) is 1. The van der Waals surface area contributed by atoms with E-state index in [1.807, 2.05) is 0 Å². The summed E-state index contributed by atoms with van der Waals surface area (Å²) in [6, 6.07) is 8.80. The van der Waals surface area contributed by atoms with Gasteiger partial charge < -0.3 is 15.3 Å². The molecule has 1 aromatic carbocycles. The fraction of sp³-hybridized carbons (Fsp3) is 0.143. The van der Waals surface area contributed by atoms with E-state index in [9.17, 15) is 18.8 Å². The number of rotatable bonds is 6. The van der Waals surface area contributed by atoms with Crippen molar-refractivity contribution < 1.29 is 23.0 Å². The number of amides is 1. The van der Waals surface area contributed by atoms with Gasteiger partial charge in [-0.15, -0.1) is 0 Å². The molecule has 0 fully saturated rings. The molecule has 5 nitrogen and oxygen atoms in total. The standard InChI is InChI=1S/C14H11ClF2N2O3S/c15-10-7-9(4-5-11(10)22-14(16)17)18-12(20)8-23-13-3-1-2-6-19(13)21/h1-7,14H,8H2,(H,18,20). The Hall–Kier alpha value is -2.06. The molecule has 0 saturated heterocycles. The number of carbonyl (C=O) groups is 1. The normalized spacial score (nSPS) is 10.6. The van der Waals surface area contributed by atoms with Crippen molar-refractivity contribution in [3.05, 3.63) is 52.8 Å². The Morgan fingerprint density at radius 1 is 1.39 bits per heavy atom. The summed E-state index contributed by atoms with van der Waals surface area (Å²) < 4.78 is 29.1. The highest BCUT2D eigenvalue weighted by Crippen LogP contribution is 2.29. The zero-order chi connectivity index (χ0) is 16.8. The van der Waals surface area contributed by atoms with E-state index >= 15 is 0 Å². The number of halogens is 3. The van der Waals surface area contributed by atoms with Gasteiger partial charge in [-0.25, -0.2) is 0 Å². The lowest BCUT2D eigenvalue weighted by atomic mass is 10.3. The Morgan fingerprint density at radius 3 is 2.83 bits per heavy atom. The maximum atomic E-state index is 12.1. The van der Waals surface area contributed by atoms with E-state index in [0.29, 0.717) is 15.4 Å². The average Bonchev–Trinajstić information content (AvgIpc) is 2.49. The van der Waals surface area contributed by atoms with Crippen molar-refractivity contribution in [3.8, 4) is 5.75 Å². The van der Waals surface area contributed by atoms with Crippen molar-refractivity contribution in [2.45, 2.75) is 11.6 Å². The maximum Gasteiger partial charge on any atom is 0.387 e. The second-order valence-corrected chi connectivity index (χ2v) is 5.63. The Labute approximate surface area is 139 Å². The summed E-state index contributed by atoms with van der Waals surface area (Å²) in [4.78, 5) is 11.8. The lowest BCUT2D eigenvalue weighted by molar-refractivity contribution is -0.645. The Kier molecular flexibility index (Phi) is 6.00. The van der Waals surface area contributed by atoms with Crippen LogP contribution in [-0.2, 0) is 4.79 Å². The van der Waals surface area contributed by atoms with Gasteiger partial charge in [0.05, 0.1) is 10.8 Å². The molecule has 1 heterocycles. The smallest absolute Gasteiger partial charge is 0.387 e. The number of anilines is 1. The monoisotopic (exact) mass is 360 g/mol. The van der Waals surface area contributed by atoms with Crippen LogP contribution in [-0.4, -0.2) is 18.3 Å². The molecule has 2 rings (SSSR count). The number of nitrogens with zero attached hydrogens (tertiary/aromatic N) is 1. The Morgan fingerprint density at radius 2 is 2.17 bits per heavy atom. The molecule has 0 atom stereocenters. The number of aromatic nitrogens is 1. The van der Waals surface area contributed by atoms with Crippen molar-refractivity contribution >= 4 is 35.0 Å². The van der Waals surface area contributed by atoms with Crippen LogP contribution >= 0.6 is 23.4 Å². The first-order valence-electron chi connectivity index (χ1n) is 6.31. The summed E-state index contributed by atoms with van der Waals surface area (Å²) in [6.07, 6.45) is 1.34. The quantitative estimate of drug-likeness (QED) is 0.487. The maximum absolute atomic E-state index is 12.1. The van der Waals surface area contributed by atoms with Crippen molar-refractivity contribution in [1.82, 2.24) is 0 Å². The highest BCUT2D eigenvalue weighted by Gasteiger charge is 2.12. The lowest BCUT2D eigenvalue weighted by Gasteiger charge is -2.09. The van der Waals surface area contributed by atoms with Gasteiger partial charge in [0.15, 0.2) is 6.20 Å². The van der Waals surface area contributed by atoms with E-state index in [4.69, 9.17) is 11.6 Å². The number of benzene rings is 1. The van der Waals surface area contributed by atoms with Gasteiger partial charge in [0.25, 0.3) is 5.03 Å². The third-order valence-electron chi connectivity index (χ3n) is 2.57. The molecule has 0 aliphatic rings. The van der Waals surface area contributed by atoms with Gasteiger partial charge >= 0.3 is 6.61 Å². The molecule has 9 heteroatoms. The zero-order valence-corrected chi connectivity index (χ0v) is 13.1. The largest absolute Gasteiger partial charge is 0.618 e. The van der Waals surface area contributed by atoms with Gasteiger partial charge in [-0.3, -0.25) is 4.79 Å². The van der Waals surface area contributed by atoms with Crippen LogP contribution < -0.4 is 14.8 Å². The number of hydrogen-bond acceptors (Lipinski definition) is 4. The van der Waals surface area contributed by atoms with Crippen molar-refractivity contribution in [1.29, 1.82) is 0 Å². The molecule has 0 unspecified atom stereocenters. The summed E-state index contributed by atoms with van der Waals surface area (Å²) in [7, 11) is 0. The number of carbonyl (C=O) groups excluding carboxylic acids is 1. The summed E-state index contributed by atoms with van der Waals surface area (Å²) in [5.74, 6) is -0.526. The first kappa shape index (κ1) is 17.3. The predicted molar refractivity (Wildman–Crippen MR) is 82.8 cm³/mol. The van der Waals surface area contributed by atoms with E-state index < -0.39 is 6.61 Å². The topological polar surface area (TPSA) is 65.3 Å². The summed E-state index contributed by atoms with van der Waals surface area (Å²) >= 11 is 6.86. The number of ether oxygens (including phenoxy) is 1. The van der Waals surface area contributed by atoms with E-state index in [-0.39, 0.29) is 22.4 Å². The Bertz CT molecular complexity index is 703. The number of alkyl halides is 2. The number of nitrogens with one attached hydrogen (secondary N) is 1. The van der Waals surface area contributed by atoms with E-state index in [1.165, 1.54) is 24.4 Å². The minimum atomic E-state index is -2.98. The molecule has 0 radical (unpaired) electrons. The van der Waals surface area contributed by atoms with Gasteiger partial charge in [-0.2, -0.15) is 13.5 Å². The molecular formula is C14H11ClF2N2O3S. The van der Waals surface area contributed by atoms with Gasteiger partial charge in [0.1, 0.15) is 5.75 Å². The average molecular weight is 361 g/mol. The van der Waals surface area contributed by atoms with Crippen LogP contribution in [0.15, 0.2) is 47.6 Å². The van der Waals surface area contributed by atoms with E-state index in [0.717, 1.165) is 11.8 Å². The summed E-state index contributed by atoms with van der Waals surface area (Å²) in [5, 5.41) is 14.3. The van der Waals surface area contributed by atoms with E-state index in [2.05, 4.69) is 10.1 Å². The van der Waals surface area contributed by atoms with Crippen LogP contribution in [0.5, 0.6) is 5.75 Å². The molecule has 1 amide bonds. The first-order chi connectivity index (χ1) is 11.0. The molecule has 1 N–H and O–H groups in total. The first-order valence-corrected chi connectivity index (χ1v) is 7.67. The molecule has 1 aromatic heterocycles. The third kappa shape index (κ3) is 5.26. The van der Waals surface area contributed by atoms with Gasteiger partial charge in [-0.1, -0.05) is 11.6 Å². The fourth-order valence-corrected chi connectivity index (χ4v) is 2.57. The second kappa shape index (κ2) is 7.98. The van der Waals surface area contributed by atoms with Crippen molar-refractivity contribution in [2.24, 2.45) is 0 Å². The van der Waals surface area contributed by atoms with Crippen LogP contribution in [0.2, 0.25) is 5.02 Å². The molecule has 0 spiro atoms. The predicted octanol–water partition coefficient (Wildman–Crippen LogP) is 3.31. The van der Waals surface area contributed by atoms with Crippen molar-refractivity contribution in [3.63, 3.8) is 0 Å². The van der Waals surface area contributed by atoms with Crippen LogP contribution in [0.4, 0.5) is 14.5 Å². The molecular weight excluding hydrogens is 350 g/mol. The van der Waals surface area contributed by atoms with Crippen LogP contribution in [0.25, 0.3) is 0 Å². The minimum absolute atomic E-state index is 0.0131. The fourth-order valence-electron chi connectivity index (χ4n) is 1.63. The number of pyridine rings is 1. The third-order valence-corrected chi connectivity index (χ3v) is 3.89. The number of thioether (sulfide) groups is 1. The van der Waals surface area contributed by atoms with Crippen molar-refractivity contribution in [2.75, 3.05) is 11.1 Å². The SMILES string of the molecule is O=C(CSc1cccc[n+]1[O-])Nc1ccc(OC(F)F)c(Cl)c1. The molecule has 2 aromatic rings.